The van der Waals surface area contributed by atoms with Crippen molar-refractivity contribution in [2.75, 3.05) is 30.4 Å². The number of esters is 1. The Bertz CT molecular complexity index is 651. The molecule has 0 aliphatic carbocycles. The van der Waals surface area contributed by atoms with Crippen LogP contribution in [0.25, 0.3) is 0 Å². The number of hydrogen-bond donors (Lipinski definition) is 1. The van der Waals surface area contributed by atoms with E-state index in [0.717, 1.165) is 24.5 Å². The van der Waals surface area contributed by atoms with Crippen LogP contribution < -0.4 is 10.2 Å². The molecule has 120 valence electrons. The minimum atomic E-state index is -0.495. The molecule has 23 heavy (non-hydrogen) atoms. The van der Waals surface area contributed by atoms with Gasteiger partial charge in [-0.3, -0.25) is 0 Å². The first-order chi connectivity index (χ1) is 11.3. The van der Waals surface area contributed by atoms with Crippen LogP contribution in [0.2, 0.25) is 0 Å². The summed E-state index contributed by atoms with van der Waals surface area (Å²) in [5, 5.41) is 10.9. The molecule has 1 N–H and O–H groups in total. The van der Waals surface area contributed by atoms with Crippen LogP contribution in [-0.4, -0.2) is 41.3 Å². The molecule has 1 fully saturated rings. The third-order valence-corrected chi connectivity index (χ3v) is 3.77. The van der Waals surface area contributed by atoms with Gasteiger partial charge in [-0.2, -0.15) is 0 Å². The van der Waals surface area contributed by atoms with Gasteiger partial charge >= 0.3 is 5.97 Å². The lowest BCUT2D eigenvalue weighted by Crippen LogP contribution is -2.18. The number of ether oxygens (including phenoxy) is 1. The number of carbonyl (C=O) groups excluding carboxylic acids is 1. The fourth-order valence-electron chi connectivity index (χ4n) is 2.49. The first kappa shape index (κ1) is 15.2. The maximum atomic E-state index is 11.3. The number of rotatable bonds is 5. The quantitative estimate of drug-likeness (QED) is 0.844. The predicted octanol–water partition coefficient (Wildman–Crippen LogP) is 1.87. The SMILES string of the molecule is COC(=O)c1ccc(NCc2ccc(N3CCCC3)nc2)nn1. The summed E-state index contributed by atoms with van der Waals surface area (Å²) in [5.74, 6) is 1.14. The number of methoxy groups -OCH3 is 1. The third-order valence-electron chi connectivity index (χ3n) is 3.77. The molecule has 1 saturated heterocycles. The minimum Gasteiger partial charge on any atom is -0.464 e. The number of aromatic nitrogens is 3. The molecule has 3 rings (SSSR count). The summed E-state index contributed by atoms with van der Waals surface area (Å²) < 4.78 is 4.58. The van der Waals surface area contributed by atoms with Crippen molar-refractivity contribution in [2.45, 2.75) is 19.4 Å². The summed E-state index contributed by atoms with van der Waals surface area (Å²) in [7, 11) is 1.31. The van der Waals surface area contributed by atoms with Gasteiger partial charge in [0.05, 0.1) is 7.11 Å². The Hall–Kier alpha value is -2.70. The Labute approximate surface area is 134 Å². The van der Waals surface area contributed by atoms with Crippen molar-refractivity contribution in [2.24, 2.45) is 0 Å². The van der Waals surface area contributed by atoms with Gasteiger partial charge in [0, 0.05) is 25.8 Å². The molecule has 1 aliphatic rings. The van der Waals surface area contributed by atoms with Gasteiger partial charge in [-0.15, -0.1) is 10.2 Å². The standard InChI is InChI=1S/C16H19N5O2/c1-23-16(22)13-5-6-14(20-19-13)17-10-12-4-7-15(18-11-12)21-8-2-3-9-21/h4-7,11H,2-3,8-10H2,1H3,(H,17,20). The van der Waals surface area contributed by atoms with Crippen LogP contribution in [0, 0.1) is 0 Å². The van der Waals surface area contributed by atoms with Crippen LogP contribution >= 0.6 is 0 Å². The van der Waals surface area contributed by atoms with E-state index in [4.69, 9.17) is 0 Å². The van der Waals surface area contributed by atoms with Crippen molar-refractivity contribution >= 4 is 17.6 Å². The van der Waals surface area contributed by atoms with Gasteiger partial charge in [-0.25, -0.2) is 9.78 Å². The van der Waals surface area contributed by atoms with Crippen LogP contribution in [0.4, 0.5) is 11.6 Å². The number of pyridine rings is 1. The van der Waals surface area contributed by atoms with Crippen molar-refractivity contribution in [1.29, 1.82) is 0 Å². The molecular formula is C16H19N5O2. The van der Waals surface area contributed by atoms with E-state index >= 15 is 0 Å². The van der Waals surface area contributed by atoms with E-state index < -0.39 is 5.97 Å². The van der Waals surface area contributed by atoms with Gasteiger partial charge in [-0.05, 0) is 36.6 Å². The van der Waals surface area contributed by atoms with Gasteiger partial charge in [-0.1, -0.05) is 6.07 Å². The molecule has 0 aromatic carbocycles. The van der Waals surface area contributed by atoms with Gasteiger partial charge in [0.15, 0.2) is 5.69 Å². The number of hydrogen-bond acceptors (Lipinski definition) is 7. The van der Waals surface area contributed by atoms with E-state index in [1.807, 2.05) is 12.3 Å². The summed E-state index contributed by atoms with van der Waals surface area (Å²) in [6.07, 6.45) is 4.35. The zero-order valence-electron chi connectivity index (χ0n) is 13.0. The Morgan fingerprint density at radius 2 is 2.04 bits per heavy atom. The second-order valence-electron chi connectivity index (χ2n) is 5.37. The van der Waals surface area contributed by atoms with Gasteiger partial charge in [0.25, 0.3) is 0 Å². The highest BCUT2D eigenvalue weighted by molar-refractivity contribution is 5.86. The topological polar surface area (TPSA) is 80.2 Å². The highest BCUT2D eigenvalue weighted by atomic mass is 16.5. The van der Waals surface area contributed by atoms with Crippen LogP contribution in [0.1, 0.15) is 28.9 Å². The van der Waals surface area contributed by atoms with E-state index in [1.54, 1.807) is 12.1 Å². The van der Waals surface area contributed by atoms with Gasteiger partial charge in [0.2, 0.25) is 0 Å². The summed E-state index contributed by atoms with van der Waals surface area (Å²) in [5.41, 5.74) is 1.25. The molecule has 0 radical (unpaired) electrons. The first-order valence-corrected chi connectivity index (χ1v) is 7.62. The smallest absolute Gasteiger partial charge is 0.358 e. The zero-order chi connectivity index (χ0) is 16.1. The molecule has 7 heteroatoms. The lowest BCUT2D eigenvalue weighted by Gasteiger charge is -2.16. The molecule has 0 atom stereocenters. The minimum absolute atomic E-state index is 0.190. The van der Waals surface area contributed by atoms with Crippen molar-refractivity contribution in [3.05, 3.63) is 41.7 Å². The monoisotopic (exact) mass is 313 g/mol. The largest absolute Gasteiger partial charge is 0.464 e. The Morgan fingerprint density at radius 3 is 2.65 bits per heavy atom. The average Bonchev–Trinajstić information content (AvgIpc) is 3.15. The van der Waals surface area contributed by atoms with E-state index in [1.165, 1.54) is 20.0 Å². The Kier molecular flexibility index (Phi) is 4.65. The molecule has 3 heterocycles. The lowest BCUT2D eigenvalue weighted by molar-refractivity contribution is 0.0593. The molecule has 2 aromatic heterocycles. The number of nitrogens with zero attached hydrogens (tertiary/aromatic N) is 4. The fraction of sp³-hybridized carbons (Fsp3) is 0.375. The highest BCUT2D eigenvalue weighted by Crippen LogP contribution is 2.17. The van der Waals surface area contributed by atoms with Crippen LogP contribution in [0.5, 0.6) is 0 Å². The molecule has 0 unspecified atom stereocenters. The van der Waals surface area contributed by atoms with Crippen molar-refractivity contribution in [1.82, 2.24) is 15.2 Å². The molecular weight excluding hydrogens is 294 g/mol. The maximum Gasteiger partial charge on any atom is 0.358 e. The van der Waals surface area contributed by atoms with E-state index in [-0.39, 0.29) is 5.69 Å². The second kappa shape index (κ2) is 7.04. The van der Waals surface area contributed by atoms with Gasteiger partial charge < -0.3 is 15.0 Å². The summed E-state index contributed by atoms with van der Waals surface area (Å²) in [6.45, 7) is 2.78. The normalized spacial score (nSPS) is 13.9. The second-order valence-corrected chi connectivity index (χ2v) is 5.37. The molecule has 0 spiro atoms. The highest BCUT2D eigenvalue weighted by Gasteiger charge is 2.13. The van der Waals surface area contributed by atoms with Gasteiger partial charge in [0.1, 0.15) is 11.6 Å². The Morgan fingerprint density at radius 1 is 1.22 bits per heavy atom. The zero-order valence-corrected chi connectivity index (χ0v) is 13.0. The van der Waals surface area contributed by atoms with Crippen molar-refractivity contribution < 1.29 is 9.53 Å². The molecule has 2 aromatic rings. The predicted molar refractivity (Wildman–Crippen MR) is 86.4 cm³/mol. The Balaban J connectivity index is 1.56. The summed E-state index contributed by atoms with van der Waals surface area (Å²) in [6, 6.07) is 7.39. The number of carbonyl (C=O) groups is 1. The molecule has 7 nitrogen and oxygen atoms in total. The van der Waals surface area contributed by atoms with E-state index in [2.05, 4.69) is 36.2 Å². The molecule has 0 bridgehead atoms. The maximum absolute atomic E-state index is 11.3. The molecule has 1 aliphatic heterocycles. The molecule has 0 saturated carbocycles. The van der Waals surface area contributed by atoms with Crippen LogP contribution in [-0.2, 0) is 11.3 Å². The average molecular weight is 313 g/mol. The van der Waals surface area contributed by atoms with Crippen LogP contribution in [0.3, 0.4) is 0 Å². The van der Waals surface area contributed by atoms with E-state index in [9.17, 15) is 4.79 Å². The molecule has 0 amide bonds. The van der Waals surface area contributed by atoms with E-state index in [0.29, 0.717) is 12.4 Å². The van der Waals surface area contributed by atoms with Crippen molar-refractivity contribution in [3.8, 4) is 0 Å². The van der Waals surface area contributed by atoms with Crippen LogP contribution in [0.15, 0.2) is 30.5 Å². The lowest BCUT2D eigenvalue weighted by atomic mass is 10.2. The van der Waals surface area contributed by atoms with Crippen molar-refractivity contribution in [3.63, 3.8) is 0 Å². The summed E-state index contributed by atoms with van der Waals surface area (Å²) >= 11 is 0. The third kappa shape index (κ3) is 3.74. The number of anilines is 2. The fourth-order valence-corrected chi connectivity index (χ4v) is 2.49. The number of nitrogens with one attached hydrogen (secondary N) is 1. The first-order valence-electron chi connectivity index (χ1n) is 7.62. The summed E-state index contributed by atoms with van der Waals surface area (Å²) in [4.78, 5) is 18.1.